The standard InChI is InChI=1S/C25H19N3O2/c26-16-15-20(17-9-3-1-4-10-17)28-25(30)22-19-13-7-8-14-21(19)27-23(24(22)29)18-11-5-2-6-12-18/h1-14,20,29H,15H2,(H,28,30)/t20-/m0/s1. The first-order valence-corrected chi connectivity index (χ1v) is 9.59. The second kappa shape index (κ2) is 8.46. The molecule has 3 aromatic carbocycles. The van der Waals surface area contributed by atoms with Crippen molar-refractivity contribution in [2.24, 2.45) is 0 Å². The van der Waals surface area contributed by atoms with E-state index in [0.717, 1.165) is 5.56 Å². The normalized spacial score (nSPS) is 11.6. The second-order valence-electron chi connectivity index (χ2n) is 6.87. The van der Waals surface area contributed by atoms with E-state index in [1.54, 1.807) is 12.1 Å². The summed E-state index contributed by atoms with van der Waals surface area (Å²) in [5, 5.41) is 23.7. The summed E-state index contributed by atoms with van der Waals surface area (Å²) in [6.07, 6.45) is 0.116. The van der Waals surface area contributed by atoms with Crippen LogP contribution in [-0.4, -0.2) is 16.0 Å². The number of para-hydroxylation sites is 1. The SMILES string of the molecule is N#CC[C@H](NC(=O)c1c(O)c(-c2ccccc2)nc2ccccc12)c1ccccc1. The number of hydrogen-bond acceptors (Lipinski definition) is 4. The Kier molecular flexibility index (Phi) is 5.40. The number of hydrogen-bond donors (Lipinski definition) is 2. The van der Waals surface area contributed by atoms with Crippen molar-refractivity contribution in [3.8, 4) is 23.1 Å². The molecule has 1 aromatic heterocycles. The Balaban J connectivity index is 1.82. The molecule has 4 rings (SSSR count). The Hall–Kier alpha value is -4.17. The largest absolute Gasteiger partial charge is 0.505 e. The Labute approximate surface area is 174 Å². The number of nitrogens with zero attached hydrogens (tertiary/aromatic N) is 2. The molecule has 0 spiro atoms. The summed E-state index contributed by atoms with van der Waals surface area (Å²) < 4.78 is 0. The third-order valence-electron chi connectivity index (χ3n) is 4.94. The highest BCUT2D eigenvalue weighted by Crippen LogP contribution is 2.35. The lowest BCUT2D eigenvalue weighted by Crippen LogP contribution is -2.28. The molecule has 0 fully saturated rings. The molecule has 0 aliphatic heterocycles. The number of carbonyl (C=O) groups excluding carboxylic acids is 1. The maximum atomic E-state index is 13.3. The summed E-state index contributed by atoms with van der Waals surface area (Å²) in [5.74, 6) is -0.631. The fraction of sp³-hybridized carbons (Fsp3) is 0.0800. The van der Waals surface area contributed by atoms with Gasteiger partial charge in [0.2, 0.25) is 0 Å². The van der Waals surface area contributed by atoms with Gasteiger partial charge in [-0.3, -0.25) is 4.79 Å². The molecule has 5 nitrogen and oxygen atoms in total. The molecule has 1 atom stereocenters. The number of amides is 1. The molecule has 146 valence electrons. The van der Waals surface area contributed by atoms with Crippen molar-refractivity contribution in [1.82, 2.24) is 10.3 Å². The minimum absolute atomic E-state index is 0.116. The summed E-state index contributed by atoms with van der Waals surface area (Å²) in [6, 6.07) is 27.4. The van der Waals surface area contributed by atoms with Gasteiger partial charge in [0.1, 0.15) is 5.69 Å². The summed E-state index contributed by atoms with van der Waals surface area (Å²) in [4.78, 5) is 17.9. The van der Waals surface area contributed by atoms with Gasteiger partial charge in [0.15, 0.2) is 5.75 Å². The molecule has 2 N–H and O–H groups in total. The lowest BCUT2D eigenvalue weighted by molar-refractivity contribution is 0.0936. The van der Waals surface area contributed by atoms with Crippen LogP contribution in [0.25, 0.3) is 22.2 Å². The van der Waals surface area contributed by atoms with Gasteiger partial charge < -0.3 is 10.4 Å². The van der Waals surface area contributed by atoms with Crippen molar-refractivity contribution in [2.75, 3.05) is 0 Å². The summed E-state index contributed by atoms with van der Waals surface area (Å²) in [7, 11) is 0. The van der Waals surface area contributed by atoms with Crippen molar-refractivity contribution in [2.45, 2.75) is 12.5 Å². The van der Waals surface area contributed by atoms with Gasteiger partial charge in [-0.25, -0.2) is 4.98 Å². The smallest absolute Gasteiger partial charge is 0.256 e. The highest BCUT2D eigenvalue weighted by Gasteiger charge is 2.23. The first-order chi connectivity index (χ1) is 14.7. The number of nitrogens with one attached hydrogen (secondary N) is 1. The number of rotatable bonds is 5. The van der Waals surface area contributed by atoms with E-state index >= 15 is 0 Å². The van der Waals surface area contributed by atoms with E-state index in [0.29, 0.717) is 22.2 Å². The number of nitriles is 1. The minimum Gasteiger partial charge on any atom is -0.505 e. The molecule has 0 saturated heterocycles. The Morgan fingerprint density at radius 1 is 0.967 bits per heavy atom. The van der Waals surface area contributed by atoms with Crippen LogP contribution in [0.15, 0.2) is 84.9 Å². The van der Waals surface area contributed by atoms with Crippen LogP contribution in [0.2, 0.25) is 0 Å². The van der Waals surface area contributed by atoms with Gasteiger partial charge in [-0.05, 0) is 11.6 Å². The molecule has 0 saturated carbocycles. The second-order valence-corrected chi connectivity index (χ2v) is 6.87. The minimum atomic E-state index is -0.491. The fourth-order valence-corrected chi connectivity index (χ4v) is 3.49. The fourth-order valence-electron chi connectivity index (χ4n) is 3.49. The predicted molar refractivity (Wildman–Crippen MR) is 116 cm³/mol. The van der Waals surface area contributed by atoms with Crippen LogP contribution in [0.4, 0.5) is 0 Å². The van der Waals surface area contributed by atoms with Gasteiger partial charge in [0, 0.05) is 10.9 Å². The average Bonchev–Trinajstić information content (AvgIpc) is 2.79. The maximum Gasteiger partial charge on any atom is 0.256 e. The van der Waals surface area contributed by atoms with Gasteiger partial charge in [-0.15, -0.1) is 0 Å². The van der Waals surface area contributed by atoms with Crippen LogP contribution in [0, 0.1) is 11.3 Å². The average molecular weight is 393 g/mol. The van der Waals surface area contributed by atoms with Gasteiger partial charge in [0.05, 0.1) is 29.6 Å². The van der Waals surface area contributed by atoms with E-state index in [4.69, 9.17) is 0 Å². The molecular formula is C25H19N3O2. The molecule has 0 bridgehead atoms. The quantitative estimate of drug-likeness (QED) is 0.500. The van der Waals surface area contributed by atoms with Crippen LogP contribution in [0.5, 0.6) is 5.75 Å². The van der Waals surface area contributed by atoms with Gasteiger partial charge in [-0.2, -0.15) is 5.26 Å². The number of aromatic hydroxyl groups is 1. The Morgan fingerprint density at radius 3 is 2.30 bits per heavy atom. The number of benzene rings is 3. The van der Waals surface area contributed by atoms with Gasteiger partial charge >= 0.3 is 0 Å². The summed E-state index contributed by atoms with van der Waals surface area (Å²) in [5.41, 5.74) is 2.64. The van der Waals surface area contributed by atoms with Crippen molar-refractivity contribution >= 4 is 16.8 Å². The summed E-state index contributed by atoms with van der Waals surface area (Å²) in [6.45, 7) is 0. The van der Waals surface area contributed by atoms with E-state index in [9.17, 15) is 15.2 Å². The van der Waals surface area contributed by atoms with Gasteiger partial charge in [-0.1, -0.05) is 78.9 Å². The molecule has 30 heavy (non-hydrogen) atoms. The van der Waals surface area contributed by atoms with Crippen LogP contribution in [0.3, 0.4) is 0 Å². The topological polar surface area (TPSA) is 86.0 Å². The van der Waals surface area contributed by atoms with Crippen molar-refractivity contribution in [3.63, 3.8) is 0 Å². The predicted octanol–water partition coefficient (Wildman–Crippen LogP) is 4.99. The van der Waals surface area contributed by atoms with E-state index in [1.165, 1.54) is 0 Å². The van der Waals surface area contributed by atoms with Gasteiger partial charge in [0.25, 0.3) is 5.91 Å². The number of fused-ring (bicyclic) bond motifs is 1. The molecule has 0 radical (unpaired) electrons. The lowest BCUT2D eigenvalue weighted by atomic mass is 10.00. The maximum absolute atomic E-state index is 13.3. The number of carbonyl (C=O) groups is 1. The van der Waals surface area contributed by atoms with E-state index in [2.05, 4.69) is 16.4 Å². The first-order valence-electron chi connectivity index (χ1n) is 9.59. The molecule has 0 unspecified atom stereocenters. The molecular weight excluding hydrogens is 374 g/mol. The van der Waals surface area contributed by atoms with Crippen molar-refractivity contribution < 1.29 is 9.90 Å². The van der Waals surface area contributed by atoms with E-state index < -0.39 is 11.9 Å². The van der Waals surface area contributed by atoms with Crippen molar-refractivity contribution in [1.29, 1.82) is 5.26 Å². The first kappa shape index (κ1) is 19.2. The molecule has 4 aromatic rings. The number of aromatic nitrogens is 1. The van der Waals surface area contributed by atoms with E-state index in [1.807, 2.05) is 72.8 Å². The zero-order valence-electron chi connectivity index (χ0n) is 16.1. The Morgan fingerprint density at radius 2 is 1.60 bits per heavy atom. The zero-order valence-corrected chi connectivity index (χ0v) is 16.1. The van der Waals surface area contributed by atoms with E-state index in [-0.39, 0.29) is 17.7 Å². The van der Waals surface area contributed by atoms with Crippen LogP contribution >= 0.6 is 0 Å². The monoisotopic (exact) mass is 393 g/mol. The molecule has 1 heterocycles. The lowest BCUT2D eigenvalue weighted by Gasteiger charge is -2.18. The van der Waals surface area contributed by atoms with Crippen LogP contribution in [-0.2, 0) is 0 Å². The third-order valence-corrected chi connectivity index (χ3v) is 4.94. The van der Waals surface area contributed by atoms with Crippen LogP contribution in [0.1, 0.15) is 28.4 Å². The molecule has 0 aliphatic carbocycles. The molecule has 0 aliphatic rings. The highest BCUT2D eigenvalue weighted by molar-refractivity contribution is 6.10. The molecule has 5 heteroatoms. The molecule has 1 amide bonds. The van der Waals surface area contributed by atoms with Crippen LogP contribution < -0.4 is 5.32 Å². The highest BCUT2D eigenvalue weighted by atomic mass is 16.3. The van der Waals surface area contributed by atoms with Crippen molar-refractivity contribution in [3.05, 3.63) is 96.1 Å². The Bertz CT molecular complexity index is 1230. The third kappa shape index (κ3) is 3.71. The number of pyridine rings is 1. The zero-order chi connectivity index (χ0) is 20.9. The summed E-state index contributed by atoms with van der Waals surface area (Å²) >= 11 is 0.